The summed E-state index contributed by atoms with van der Waals surface area (Å²) in [6, 6.07) is 8.25. The first kappa shape index (κ1) is 13.2. The maximum absolute atomic E-state index is 5.69. The molecule has 16 heavy (non-hydrogen) atoms. The third kappa shape index (κ3) is 4.31. The Morgan fingerprint density at radius 1 is 1.25 bits per heavy atom. The summed E-state index contributed by atoms with van der Waals surface area (Å²) in [7, 11) is 1.68. The van der Waals surface area contributed by atoms with Crippen LogP contribution in [0.5, 0.6) is 0 Å². The molecule has 1 aromatic carbocycles. The molecule has 0 radical (unpaired) electrons. The highest BCUT2D eigenvalue weighted by Gasteiger charge is 2.04. The molecule has 0 aliphatic heterocycles. The maximum atomic E-state index is 5.69. The van der Waals surface area contributed by atoms with E-state index >= 15 is 0 Å². The van der Waals surface area contributed by atoms with E-state index in [9.17, 15) is 0 Å². The van der Waals surface area contributed by atoms with Gasteiger partial charge < -0.3 is 15.2 Å². The van der Waals surface area contributed by atoms with Crippen LogP contribution in [0.4, 0.5) is 0 Å². The van der Waals surface area contributed by atoms with Gasteiger partial charge in [-0.1, -0.05) is 24.3 Å². The van der Waals surface area contributed by atoms with Gasteiger partial charge in [-0.05, 0) is 31.0 Å². The largest absolute Gasteiger partial charge is 0.382 e. The summed E-state index contributed by atoms with van der Waals surface area (Å²) in [4.78, 5) is 0. The lowest BCUT2D eigenvalue weighted by Gasteiger charge is -2.14. The van der Waals surface area contributed by atoms with Crippen molar-refractivity contribution in [2.75, 3.05) is 20.3 Å². The van der Waals surface area contributed by atoms with E-state index in [2.05, 4.69) is 12.1 Å². The van der Waals surface area contributed by atoms with Crippen LogP contribution in [0, 0.1) is 0 Å². The summed E-state index contributed by atoms with van der Waals surface area (Å²) in [5.74, 6) is 0. The fraction of sp³-hybridized carbons (Fsp3) is 0.538. The van der Waals surface area contributed by atoms with E-state index in [0.29, 0.717) is 19.8 Å². The van der Waals surface area contributed by atoms with Crippen molar-refractivity contribution in [2.45, 2.75) is 26.1 Å². The molecule has 0 saturated carbocycles. The Morgan fingerprint density at radius 2 is 1.94 bits per heavy atom. The van der Waals surface area contributed by atoms with Crippen LogP contribution in [0.3, 0.4) is 0 Å². The van der Waals surface area contributed by atoms with Crippen molar-refractivity contribution in [3.8, 4) is 0 Å². The smallest absolute Gasteiger partial charge is 0.0784 e. The number of rotatable bonds is 7. The van der Waals surface area contributed by atoms with Gasteiger partial charge in [0.25, 0.3) is 0 Å². The normalized spacial score (nSPS) is 12.7. The third-order valence-corrected chi connectivity index (χ3v) is 2.46. The van der Waals surface area contributed by atoms with Gasteiger partial charge in [0.15, 0.2) is 0 Å². The summed E-state index contributed by atoms with van der Waals surface area (Å²) in [6.45, 7) is 3.93. The van der Waals surface area contributed by atoms with E-state index < -0.39 is 0 Å². The van der Waals surface area contributed by atoms with Gasteiger partial charge in [-0.15, -0.1) is 0 Å². The lowest BCUT2D eigenvalue weighted by Crippen LogP contribution is -2.15. The quantitative estimate of drug-likeness (QED) is 0.765. The Labute approximate surface area is 97.6 Å². The minimum absolute atomic E-state index is 0.121. The molecule has 0 aliphatic carbocycles. The lowest BCUT2D eigenvalue weighted by molar-refractivity contribution is -0.000360. The minimum Gasteiger partial charge on any atom is -0.382 e. The van der Waals surface area contributed by atoms with Gasteiger partial charge in [0, 0.05) is 7.11 Å². The molecule has 1 unspecified atom stereocenters. The molecule has 0 amide bonds. The summed E-state index contributed by atoms with van der Waals surface area (Å²) < 4.78 is 10.7. The van der Waals surface area contributed by atoms with Crippen molar-refractivity contribution in [3.63, 3.8) is 0 Å². The van der Waals surface area contributed by atoms with Crippen LogP contribution in [0.1, 0.15) is 18.1 Å². The second-order valence-electron chi connectivity index (χ2n) is 3.88. The molecular formula is C13H21NO2. The third-order valence-electron chi connectivity index (χ3n) is 2.46. The number of nitrogens with two attached hydrogens (primary N) is 1. The molecular weight excluding hydrogens is 202 g/mol. The molecule has 0 saturated heterocycles. The maximum Gasteiger partial charge on any atom is 0.0784 e. The van der Waals surface area contributed by atoms with Crippen molar-refractivity contribution in [3.05, 3.63) is 35.4 Å². The molecule has 0 spiro atoms. The Balaban J connectivity index is 2.52. The molecule has 0 bridgehead atoms. The zero-order valence-corrected chi connectivity index (χ0v) is 10.1. The minimum atomic E-state index is 0.121. The average molecular weight is 223 g/mol. The Kier molecular flexibility index (Phi) is 6.08. The molecule has 1 rings (SSSR count). The molecule has 0 aromatic heterocycles. The zero-order chi connectivity index (χ0) is 11.8. The first-order chi connectivity index (χ1) is 7.77. The van der Waals surface area contributed by atoms with E-state index in [1.54, 1.807) is 7.11 Å². The molecule has 0 fully saturated rings. The van der Waals surface area contributed by atoms with Crippen molar-refractivity contribution < 1.29 is 9.47 Å². The zero-order valence-electron chi connectivity index (χ0n) is 10.1. The number of benzene rings is 1. The second-order valence-corrected chi connectivity index (χ2v) is 3.88. The SMILES string of the molecule is COCC(C)OCc1ccccc1CCN. The number of hydrogen-bond donors (Lipinski definition) is 1. The highest BCUT2D eigenvalue weighted by molar-refractivity contribution is 5.26. The molecule has 1 aromatic rings. The predicted molar refractivity (Wildman–Crippen MR) is 65.3 cm³/mol. The van der Waals surface area contributed by atoms with Crippen molar-refractivity contribution in [1.29, 1.82) is 0 Å². The summed E-state index contributed by atoms with van der Waals surface area (Å²) in [5.41, 5.74) is 8.06. The van der Waals surface area contributed by atoms with Crippen molar-refractivity contribution >= 4 is 0 Å². The van der Waals surface area contributed by atoms with Crippen LogP contribution < -0.4 is 5.73 Å². The van der Waals surface area contributed by atoms with Gasteiger partial charge >= 0.3 is 0 Å². The van der Waals surface area contributed by atoms with Crippen LogP contribution in [-0.4, -0.2) is 26.4 Å². The van der Waals surface area contributed by atoms with Crippen LogP contribution in [0.25, 0.3) is 0 Å². The first-order valence-electron chi connectivity index (χ1n) is 5.65. The fourth-order valence-corrected chi connectivity index (χ4v) is 1.61. The van der Waals surface area contributed by atoms with Crippen molar-refractivity contribution in [2.24, 2.45) is 5.73 Å². The Bertz CT molecular complexity index is 302. The molecule has 0 aliphatic rings. The van der Waals surface area contributed by atoms with Crippen LogP contribution >= 0.6 is 0 Å². The predicted octanol–water partition coefficient (Wildman–Crippen LogP) is 1.74. The van der Waals surface area contributed by atoms with E-state index in [4.69, 9.17) is 15.2 Å². The average Bonchev–Trinajstić information content (AvgIpc) is 2.29. The molecule has 2 N–H and O–H groups in total. The molecule has 0 heterocycles. The lowest BCUT2D eigenvalue weighted by atomic mass is 10.1. The fourth-order valence-electron chi connectivity index (χ4n) is 1.61. The van der Waals surface area contributed by atoms with E-state index in [0.717, 1.165) is 6.42 Å². The van der Waals surface area contributed by atoms with Gasteiger partial charge in [-0.25, -0.2) is 0 Å². The summed E-state index contributed by atoms with van der Waals surface area (Å²) in [6.07, 6.45) is 1.02. The van der Waals surface area contributed by atoms with Gasteiger partial charge in [0.2, 0.25) is 0 Å². The van der Waals surface area contributed by atoms with Gasteiger partial charge in [-0.3, -0.25) is 0 Å². The Morgan fingerprint density at radius 3 is 2.56 bits per heavy atom. The second kappa shape index (κ2) is 7.39. The standard InChI is InChI=1S/C13H21NO2/c1-11(9-15-2)16-10-13-6-4-3-5-12(13)7-8-14/h3-6,11H,7-10,14H2,1-2H3. The topological polar surface area (TPSA) is 44.5 Å². The highest BCUT2D eigenvalue weighted by atomic mass is 16.5. The summed E-state index contributed by atoms with van der Waals surface area (Å²) >= 11 is 0. The molecule has 90 valence electrons. The number of methoxy groups -OCH3 is 1. The van der Waals surface area contributed by atoms with Crippen LogP contribution in [0.15, 0.2) is 24.3 Å². The summed E-state index contributed by atoms with van der Waals surface area (Å²) in [5, 5.41) is 0. The highest BCUT2D eigenvalue weighted by Crippen LogP contribution is 2.11. The monoisotopic (exact) mass is 223 g/mol. The molecule has 3 nitrogen and oxygen atoms in total. The van der Waals surface area contributed by atoms with Crippen LogP contribution in [-0.2, 0) is 22.5 Å². The number of ether oxygens (including phenoxy) is 2. The van der Waals surface area contributed by atoms with Crippen LogP contribution in [0.2, 0.25) is 0 Å². The first-order valence-corrected chi connectivity index (χ1v) is 5.65. The van der Waals surface area contributed by atoms with Gasteiger partial charge in [-0.2, -0.15) is 0 Å². The Hall–Kier alpha value is -0.900. The number of hydrogen-bond acceptors (Lipinski definition) is 3. The molecule has 3 heteroatoms. The van der Waals surface area contributed by atoms with E-state index in [1.165, 1.54) is 11.1 Å². The molecule has 1 atom stereocenters. The van der Waals surface area contributed by atoms with Crippen molar-refractivity contribution in [1.82, 2.24) is 0 Å². The van der Waals surface area contributed by atoms with Gasteiger partial charge in [0.1, 0.15) is 0 Å². The van der Waals surface area contributed by atoms with E-state index in [-0.39, 0.29) is 6.10 Å². The van der Waals surface area contributed by atoms with Gasteiger partial charge in [0.05, 0.1) is 19.3 Å². The van der Waals surface area contributed by atoms with E-state index in [1.807, 2.05) is 19.1 Å².